The molecule has 0 atom stereocenters. The van der Waals surface area contributed by atoms with Crippen molar-refractivity contribution in [3.63, 3.8) is 0 Å². The van der Waals surface area contributed by atoms with Crippen LogP contribution in [0.2, 0.25) is 0 Å². The second-order valence-corrected chi connectivity index (χ2v) is 4.60. The molecule has 0 rings (SSSR count). The number of carbonyl (C=O) groups is 1. The Bertz CT molecular complexity index is 225. The minimum Gasteiger partial charge on any atom is -0.379 e. The second-order valence-electron chi connectivity index (χ2n) is 3.84. The van der Waals surface area contributed by atoms with Crippen molar-refractivity contribution in [1.29, 1.82) is 0 Å². The largest absolute Gasteiger partial charge is 0.379 e. The molecular weight excluding hydrogens is 377 g/mol. The van der Waals surface area contributed by atoms with Gasteiger partial charge in [0.15, 0.2) is 6.29 Å². The van der Waals surface area contributed by atoms with Crippen LogP contribution in [-0.2, 0) is 23.7 Å². The predicted molar refractivity (Wildman–Crippen MR) is 85.2 cm³/mol. The molecule has 7 heteroatoms. The molecule has 0 bridgehead atoms. The SMILES string of the molecule is CCOC(CCOCCOCCNC(=O)CI)OCC. The average Bonchev–Trinajstić information content (AvgIpc) is 2.45. The van der Waals surface area contributed by atoms with E-state index in [9.17, 15) is 4.79 Å². The molecule has 6 nitrogen and oxygen atoms in total. The quantitative estimate of drug-likeness (QED) is 0.205. The summed E-state index contributed by atoms with van der Waals surface area (Å²) in [5.41, 5.74) is 0. The van der Waals surface area contributed by atoms with Crippen molar-refractivity contribution in [3.05, 3.63) is 0 Å². The lowest BCUT2D eigenvalue weighted by Crippen LogP contribution is -2.28. The van der Waals surface area contributed by atoms with Crippen LogP contribution in [0.1, 0.15) is 20.3 Å². The second kappa shape index (κ2) is 15.4. The predicted octanol–water partition coefficient (Wildman–Crippen LogP) is 1.36. The summed E-state index contributed by atoms with van der Waals surface area (Å²) < 4.78 is 22.0. The minimum atomic E-state index is -0.186. The molecule has 0 aliphatic carbocycles. The highest BCUT2D eigenvalue weighted by Gasteiger charge is 2.06. The topological polar surface area (TPSA) is 66.0 Å². The molecule has 0 saturated heterocycles. The molecule has 120 valence electrons. The highest BCUT2D eigenvalue weighted by Crippen LogP contribution is 2.01. The van der Waals surface area contributed by atoms with Crippen LogP contribution in [0.15, 0.2) is 0 Å². The molecule has 0 aliphatic heterocycles. The molecule has 0 aromatic carbocycles. The molecule has 0 unspecified atom stereocenters. The van der Waals surface area contributed by atoms with Gasteiger partial charge in [0.25, 0.3) is 0 Å². The van der Waals surface area contributed by atoms with E-state index in [0.29, 0.717) is 57.0 Å². The van der Waals surface area contributed by atoms with Crippen LogP contribution in [0, 0.1) is 0 Å². The Balaban J connectivity index is 3.28. The first-order valence-electron chi connectivity index (χ1n) is 6.95. The fourth-order valence-electron chi connectivity index (χ4n) is 1.40. The van der Waals surface area contributed by atoms with Gasteiger partial charge in [-0.15, -0.1) is 0 Å². The van der Waals surface area contributed by atoms with Gasteiger partial charge in [0, 0.05) is 26.2 Å². The van der Waals surface area contributed by atoms with Crippen molar-refractivity contribution in [2.75, 3.05) is 50.6 Å². The monoisotopic (exact) mass is 403 g/mol. The van der Waals surface area contributed by atoms with Crippen LogP contribution in [0.3, 0.4) is 0 Å². The zero-order valence-electron chi connectivity index (χ0n) is 12.4. The van der Waals surface area contributed by atoms with E-state index in [4.69, 9.17) is 18.9 Å². The zero-order chi connectivity index (χ0) is 15.1. The highest BCUT2D eigenvalue weighted by atomic mass is 127. The van der Waals surface area contributed by atoms with Crippen molar-refractivity contribution < 1.29 is 23.7 Å². The first kappa shape index (κ1) is 20.0. The average molecular weight is 403 g/mol. The summed E-state index contributed by atoms with van der Waals surface area (Å²) >= 11 is 2.02. The van der Waals surface area contributed by atoms with Gasteiger partial charge in [-0.25, -0.2) is 0 Å². The van der Waals surface area contributed by atoms with Crippen LogP contribution in [-0.4, -0.2) is 62.8 Å². The summed E-state index contributed by atoms with van der Waals surface area (Å²) in [6.45, 7) is 7.84. The molecule has 0 aromatic rings. The number of nitrogens with one attached hydrogen (secondary N) is 1. The molecule has 20 heavy (non-hydrogen) atoms. The van der Waals surface area contributed by atoms with E-state index in [-0.39, 0.29) is 12.2 Å². The van der Waals surface area contributed by atoms with Crippen molar-refractivity contribution in [1.82, 2.24) is 5.32 Å². The van der Waals surface area contributed by atoms with Gasteiger partial charge in [-0.2, -0.15) is 0 Å². The number of alkyl halides is 1. The molecule has 0 spiro atoms. The lowest BCUT2D eigenvalue weighted by Gasteiger charge is -2.16. The van der Waals surface area contributed by atoms with Gasteiger partial charge in [0.1, 0.15) is 0 Å². The maximum Gasteiger partial charge on any atom is 0.229 e. The van der Waals surface area contributed by atoms with Gasteiger partial charge in [0.05, 0.1) is 30.9 Å². The molecule has 0 aromatic heterocycles. The number of rotatable bonds is 14. The van der Waals surface area contributed by atoms with Gasteiger partial charge < -0.3 is 24.3 Å². The van der Waals surface area contributed by atoms with E-state index >= 15 is 0 Å². The molecular formula is C13H26INO5. The first-order chi connectivity index (χ1) is 9.74. The van der Waals surface area contributed by atoms with Gasteiger partial charge >= 0.3 is 0 Å². The summed E-state index contributed by atoms with van der Waals surface area (Å²) in [6, 6.07) is 0. The van der Waals surface area contributed by atoms with Crippen LogP contribution >= 0.6 is 22.6 Å². The summed E-state index contributed by atoms with van der Waals surface area (Å²) in [5, 5.41) is 2.73. The van der Waals surface area contributed by atoms with E-state index in [0.717, 1.165) is 0 Å². The van der Waals surface area contributed by atoms with E-state index < -0.39 is 0 Å². The summed E-state index contributed by atoms with van der Waals surface area (Å²) in [5.74, 6) is 0.0309. The van der Waals surface area contributed by atoms with Crippen molar-refractivity contribution in [2.45, 2.75) is 26.6 Å². The van der Waals surface area contributed by atoms with Crippen molar-refractivity contribution in [3.8, 4) is 0 Å². The zero-order valence-corrected chi connectivity index (χ0v) is 14.5. The molecule has 0 fully saturated rings. The Morgan fingerprint density at radius 1 is 1.05 bits per heavy atom. The number of amides is 1. The third-order valence-electron chi connectivity index (χ3n) is 2.26. The van der Waals surface area contributed by atoms with Gasteiger partial charge in [-0.05, 0) is 13.8 Å². The Hall–Kier alpha value is 0.0400. The molecule has 0 aliphatic rings. The number of carbonyl (C=O) groups excluding carboxylic acids is 1. The highest BCUT2D eigenvalue weighted by molar-refractivity contribution is 14.1. The normalized spacial score (nSPS) is 11.0. The van der Waals surface area contributed by atoms with Crippen molar-refractivity contribution in [2.24, 2.45) is 0 Å². The summed E-state index contributed by atoms with van der Waals surface area (Å²) in [7, 11) is 0. The smallest absolute Gasteiger partial charge is 0.229 e. The third-order valence-corrected chi connectivity index (χ3v) is 2.96. The fraction of sp³-hybridized carbons (Fsp3) is 0.923. The third kappa shape index (κ3) is 13.0. The minimum absolute atomic E-state index is 0.0309. The lowest BCUT2D eigenvalue weighted by molar-refractivity contribution is -0.147. The standard InChI is InChI=1S/C13H26INO5/c1-3-19-13(20-4-2)5-7-17-9-10-18-8-6-15-12(16)11-14/h13H,3-11H2,1-2H3,(H,15,16). The maximum atomic E-state index is 10.9. The van der Waals surface area contributed by atoms with E-state index in [1.54, 1.807) is 0 Å². The molecule has 1 N–H and O–H groups in total. The number of ether oxygens (including phenoxy) is 4. The summed E-state index contributed by atoms with van der Waals surface area (Å²) in [4.78, 5) is 10.9. The molecule has 0 radical (unpaired) electrons. The molecule has 0 saturated carbocycles. The van der Waals surface area contributed by atoms with E-state index in [1.807, 2.05) is 36.4 Å². The van der Waals surface area contributed by atoms with Crippen LogP contribution in [0.4, 0.5) is 0 Å². The maximum absolute atomic E-state index is 10.9. The number of hydrogen-bond donors (Lipinski definition) is 1. The summed E-state index contributed by atoms with van der Waals surface area (Å²) in [6.07, 6.45) is 0.530. The Kier molecular flexibility index (Phi) is 15.5. The van der Waals surface area contributed by atoms with Gasteiger partial charge in [0.2, 0.25) is 5.91 Å². The van der Waals surface area contributed by atoms with Crippen LogP contribution in [0.5, 0.6) is 0 Å². The Labute approximate surface area is 135 Å². The molecule has 1 amide bonds. The van der Waals surface area contributed by atoms with E-state index in [1.165, 1.54) is 0 Å². The van der Waals surface area contributed by atoms with Crippen molar-refractivity contribution >= 4 is 28.5 Å². The fourth-order valence-corrected chi connectivity index (χ4v) is 1.67. The van der Waals surface area contributed by atoms with Crippen LogP contribution < -0.4 is 5.32 Å². The lowest BCUT2D eigenvalue weighted by atomic mass is 10.4. The Morgan fingerprint density at radius 2 is 1.65 bits per heavy atom. The van der Waals surface area contributed by atoms with Crippen LogP contribution in [0.25, 0.3) is 0 Å². The molecule has 0 heterocycles. The first-order valence-corrected chi connectivity index (χ1v) is 8.48. The number of halogens is 1. The van der Waals surface area contributed by atoms with E-state index in [2.05, 4.69) is 5.32 Å². The number of hydrogen-bond acceptors (Lipinski definition) is 5. The Morgan fingerprint density at radius 3 is 2.20 bits per heavy atom. The van der Waals surface area contributed by atoms with Gasteiger partial charge in [-0.1, -0.05) is 22.6 Å². The van der Waals surface area contributed by atoms with Gasteiger partial charge in [-0.3, -0.25) is 4.79 Å².